The summed E-state index contributed by atoms with van der Waals surface area (Å²) in [5, 5.41) is 0. The van der Waals surface area contributed by atoms with Crippen LogP contribution in [0, 0.1) is 0 Å². The molecule has 0 spiro atoms. The zero-order chi connectivity index (χ0) is 19.8. The molecule has 3 rings (SSSR count). The number of nitrogens with zero attached hydrogens (tertiary/aromatic N) is 1. The predicted octanol–water partition coefficient (Wildman–Crippen LogP) is 5.84. The lowest BCUT2D eigenvalue weighted by molar-refractivity contribution is 0.102. The first-order chi connectivity index (χ1) is 13.7. The first-order valence-corrected chi connectivity index (χ1v) is 11.2. The lowest BCUT2D eigenvalue weighted by Gasteiger charge is -2.19. The fourth-order valence-electron chi connectivity index (χ4n) is 3.11. The quantitative estimate of drug-likeness (QED) is 0.338. The van der Waals surface area contributed by atoms with Crippen LogP contribution in [-0.2, 0) is 10.9 Å². The van der Waals surface area contributed by atoms with Crippen molar-refractivity contribution in [2.45, 2.75) is 29.6 Å². The summed E-state index contributed by atoms with van der Waals surface area (Å²) in [5.74, 6) is 0.692. The number of carbonyl (C=O) groups is 1. The molecular weight excluding hydrogens is 362 g/mol. The third-order valence-electron chi connectivity index (χ3n) is 4.81. The van der Waals surface area contributed by atoms with Crippen LogP contribution in [0.25, 0.3) is 0 Å². The lowest BCUT2D eigenvalue weighted by atomic mass is 10.1. The Labute approximate surface area is 171 Å². The highest BCUT2D eigenvalue weighted by molar-refractivity contribution is 7.97. The maximum atomic E-state index is 13.0. The summed E-state index contributed by atoms with van der Waals surface area (Å²) in [5.41, 5.74) is 1.95. The van der Waals surface area contributed by atoms with Crippen molar-refractivity contribution in [2.24, 2.45) is 0 Å². The summed E-state index contributed by atoms with van der Waals surface area (Å²) in [7, 11) is 1.85. The number of rotatable bonds is 9. The van der Waals surface area contributed by atoms with Gasteiger partial charge in [-0.1, -0.05) is 49.7 Å². The molecule has 0 aliphatic carbocycles. The number of carbonyl (C=O) groups excluding carboxylic acids is 1. The van der Waals surface area contributed by atoms with Crippen LogP contribution in [0.4, 0.5) is 5.69 Å². The van der Waals surface area contributed by atoms with Gasteiger partial charge in [-0.05, 0) is 55.0 Å². The molecule has 0 heterocycles. The molecule has 28 heavy (non-hydrogen) atoms. The molecule has 0 bridgehead atoms. The van der Waals surface area contributed by atoms with Gasteiger partial charge in [-0.15, -0.1) is 0 Å². The minimum absolute atomic E-state index is 0.193. The monoisotopic (exact) mass is 390 g/mol. The van der Waals surface area contributed by atoms with Gasteiger partial charge in [-0.3, -0.25) is 4.79 Å². The normalized spacial score (nSPS) is 10.8. The van der Waals surface area contributed by atoms with Gasteiger partial charge in [0.1, 0.15) is 0 Å². The lowest BCUT2D eigenvalue weighted by Crippen LogP contribution is -2.19. The van der Waals surface area contributed by atoms with Gasteiger partial charge in [-0.2, -0.15) is 0 Å². The second-order valence-corrected chi connectivity index (χ2v) is 8.92. The molecule has 0 aliphatic rings. The summed E-state index contributed by atoms with van der Waals surface area (Å²) >= 11 is 0. The zero-order valence-electron chi connectivity index (χ0n) is 16.7. The van der Waals surface area contributed by atoms with Crippen LogP contribution in [-0.4, -0.2) is 25.1 Å². The van der Waals surface area contributed by atoms with E-state index in [0.29, 0.717) is 5.75 Å². The van der Waals surface area contributed by atoms with E-state index in [1.54, 1.807) is 0 Å². The van der Waals surface area contributed by atoms with E-state index in [4.69, 9.17) is 0 Å². The molecule has 0 saturated carbocycles. The van der Waals surface area contributed by atoms with Crippen LogP contribution in [0.2, 0.25) is 0 Å². The van der Waals surface area contributed by atoms with Crippen LogP contribution >= 0.6 is 0 Å². The Morgan fingerprint density at radius 2 is 1.36 bits per heavy atom. The zero-order valence-corrected chi connectivity index (χ0v) is 17.5. The first kappa shape index (κ1) is 20.2. The van der Waals surface area contributed by atoms with Gasteiger partial charge in [0.05, 0.1) is 10.9 Å². The topological polar surface area (TPSA) is 20.3 Å². The molecule has 0 aliphatic heterocycles. The minimum Gasteiger partial charge on any atom is -0.375 e. The van der Waals surface area contributed by atoms with Crippen LogP contribution in [0.15, 0.2) is 94.7 Å². The van der Waals surface area contributed by atoms with E-state index >= 15 is 0 Å². The van der Waals surface area contributed by atoms with Crippen molar-refractivity contribution in [1.82, 2.24) is 0 Å². The maximum Gasteiger partial charge on any atom is 0.212 e. The molecule has 0 unspecified atom stereocenters. The highest BCUT2D eigenvalue weighted by atomic mass is 32.2. The molecule has 144 valence electrons. The Balaban J connectivity index is 1.77. The molecule has 0 fully saturated rings. The minimum atomic E-state index is -0.260. The first-order valence-electron chi connectivity index (χ1n) is 9.84. The molecule has 0 N–H and O–H groups in total. The van der Waals surface area contributed by atoms with E-state index in [-0.39, 0.29) is 16.7 Å². The summed E-state index contributed by atoms with van der Waals surface area (Å²) < 4.78 is 0. The van der Waals surface area contributed by atoms with Gasteiger partial charge in [-0.25, -0.2) is 0 Å². The Kier molecular flexibility index (Phi) is 7.32. The maximum absolute atomic E-state index is 13.0. The molecule has 3 aromatic carbocycles. The van der Waals surface area contributed by atoms with Crippen LogP contribution in [0.3, 0.4) is 0 Å². The number of benzene rings is 3. The van der Waals surface area contributed by atoms with E-state index in [1.165, 1.54) is 22.6 Å². The summed E-state index contributed by atoms with van der Waals surface area (Å²) in [6.07, 6.45) is 2.36. The fraction of sp³-hybridized carbons (Fsp3) is 0.240. The summed E-state index contributed by atoms with van der Waals surface area (Å²) in [4.78, 5) is 17.7. The number of hydrogen-bond acceptors (Lipinski definition) is 2. The summed E-state index contributed by atoms with van der Waals surface area (Å²) in [6.45, 7) is 3.24. The van der Waals surface area contributed by atoms with E-state index in [2.05, 4.69) is 55.3 Å². The van der Waals surface area contributed by atoms with E-state index in [0.717, 1.165) is 17.8 Å². The highest BCUT2D eigenvalue weighted by Gasteiger charge is 2.28. The van der Waals surface area contributed by atoms with Crippen molar-refractivity contribution >= 4 is 22.4 Å². The molecule has 2 nitrogen and oxygen atoms in total. The third kappa shape index (κ3) is 5.26. The SMILES string of the molecule is CCCCN(C)c1ccc(C(=O)C[S+](c2ccccc2)c2ccccc2)cc1. The van der Waals surface area contributed by atoms with Crippen LogP contribution in [0.5, 0.6) is 0 Å². The van der Waals surface area contributed by atoms with Gasteiger partial charge in [0.15, 0.2) is 15.5 Å². The predicted molar refractivity (Wildman–Crippen MR) is 121 cm³/mol. The number of unbranched alkanes of at least 4 members (excludes halogenated alkanes) is 1. The van der Waals surface area contributed by atoms with Crippen molar-refractivity contribution in [3.05, 3.63) is 90.5 Å². The fourth-order valence-corrected chi connectivity index (χ4v) is 5.12. The average Bonchev–Trinajstić information content (AvgIpc) is 2.77. The Hall–Kier alpha value is -2.52. The number of ketones is 1. The second kappa shape index (κ2) is 10.1. The van der Waals surface area contributed by atoms with Crippen molar-refractivity contribution in [3.63, 3.8) is 0 Å². The van der Waals surface area contributed by atoms with Crippen molar-refractivity contribution in [2.75, 3.05) is 24.2 Å². The smallest absolute Gasteiger partial charge is 0.212 e. The Morgan fingerprint density at radius 3 is 1.86 bits per heavy atom. The summed E-state index contributed by atoms with van der Waals surface area (Å²) in [6, 6.07) is 28.8. The highest BCUT2D eigenvalue weighted by Crippen LogP contribution is 2.25. The van der Waals surface area contributed by atoms with E-state index in [9.17, 15) is 4.79 Å². The van der Waals surface area contributed by atoms with Crippen molar-refractivity contribution < 1.29 is 4.79 Å². The molecule has 0 amide bonds. The van der Waals surface area contributed by atoms with Gasteiger partial charge in [0, 0.05) is 24.8 Å². The standard InChI is InChI=1S/C25H28NOS/c1-3-4-19-26(2)22-17-15-21(16-18-22)25(27)20-28(23-11-7-5-8-12-23)24-13-9-6-10-14-24/h5-18H,3-4,19-20H2,1-2H3/q+1. The van der Waals surface area contributed by atoms with E-state index < -0.39 is 0 Å². The van der Waals surface area contributed by atoms with Crippen molar-refractivity contribution in [3.8, 4) is 0 Å². The van der Waals surface area contributed by atoms with Gasteiger partial charge in [0.2, 0.25) is 5.78 Å². The molecule has 0 saturated heterocycles. The molecule has 3 heteroatoms. The molecular formula is C25H28NOS+. The third-order valence-corrected chi connectivity index (χ3v) is 7.04. The second-order valence-electron chi connectivity index (χ2n) is 6.91. The van der Waals surface area contributed by atoms with Gasteiger partial charge < -0.3 is 4.90 Å². The number of hydrogen-bond donors (Lipinski definition) is 0. The Bertz CT molecular complexity index is 823. The molecule has 3 aromatic rings. The van der Waals surface area contributed by atoms with Gasteiger partial charge >= 0.3 is 0 Å². The molecule has 0 aromatic heterocycles. The molecule has 0 atom stereocenters. The molecule has 0 radical (unpaired) electrons. The van der Waals surface area contributed by atoms with Gasteiger partial charge in [0.25, 0.3) is 0 Å². The van der Waals surface area contributed by atoms with E-state index in [1.807, 2.05) is 48.5 Å². The van der Waals surface area contributed by atoms with Crippen molar-refractivity contribution in [1.29, 1.82) is 0 Å². The number of anilines is 1. The average molecular weight is 391 g/mol. The van der Waals surface area contributed by atoms with Crippen LogP contribution in [0.1, 0.15) is 30.1 Å². The Morgan fingerprint density at radius 1 is 0.821 bits per heavy atom. The van der Waals surface area contributed by atoms with Crippen LogP contribution < -0.4 is 4.90 Å². The largest absolute Gasteiger partial charge is 0.375 e. The number of Topliss-reactive ketones (excluding diaryl/α,β-unsaturated/α-hetero) is 1.